The first-order valence-corrected chi connectivity index (χ1v) is 45.4. The molecule has 0 bridgehead atoms. The largest absolute Gasteiger partial charge is 0.445 e. The molecule has 1 aromatic rings. The number of rotatable bonds is 11. The summed E-state index contributed by atoms with van der Waals surface area (Å²) in [6, 6.07) is 0.437. The van der Waals surface area contributed by atoms with Gasteiger partial charge in [0.05, 0.1) is 53.2 Å². The van der Waals surface area contributed by atoms with Gasteiger partial charge in [-0.25, -0.2) is 14.4 Å². The molecule has 690 valence electrons. The van der Waals surface area contributed by atoms with E-state index in [0.717, 1.165) is 128 Å². The minimum absolute atomic E-state index is 0.0593. The Kier molecular flexibility index (Phi) is 37.0. The summed E-state index contributed by atoms with van der Waals surface area (Å²) < 4.78 is 24.1. The van der Waals surface area contributed by atoms with E-state index >= 15 is 0 Å². The Labute approximate surface area is 726 Å². The van der Waals surface area contributed by atoms with Crippen LogP contribution >= 0.6 is 0 Å². The predicted octanol–water partition coefficient (Wildman–Crippen LogP) is 7.09. The fourth-order valence-corrected chi connectivity index (χ4v) is 19.1. The van der Waals surface area contributed by atoms with Crippen LogP contribution in [0, 0.1) is 17.8 Å². The van der Waals surface area contributed by atoms with Crippen molar-refractivity contribution in [2.45, 2.75) is 402 Å². The number of primary amides is 3. The van der Waals surface area contributed by atoms with Crippen LogP contribution in [0.5, 0.6) is 0 Å². The van der Waals surface area contributed by atoms with Crippen LogP contribution in [-0.4, -0.2) is 234 Å². The molecule has 0 aliphatic carbocycles. The highest BCUT2D eigenvalue weighted by Gasteiger charge is 2.60. The SMILES string of the molecule is CC(C)(C)NC(=O)N[C@H]1CCCCCCCCCC[C@@H](C(=O)C(N)=O)NC(=O)[C@@H]2[C@H]3CC(C)(C)OC3CN2C1=O.CC(C)(C)NC(=O)N[C@H]1CCCCCCCCCC[C@@H](C(O)C(N)=O)NC(=O)[C@@H]2[C@H]3CC(C)(C)OC3CN2C1=O.CC1(C)C[C@H]2C(CN3C(=O)[C@@H](NC(=O)OCc4ccccc4)CCCCC=CCCCC[C@@H](C(O)C(N)=O)NC(=O)[C@H]23)O1. The molecule has 0 saturated carbocycles. The lowest BCUT2D eigenvalue weighted by Gasteiger charge is -2.33. The number of aliphatic hydroxyl groups excluding tert-OH is 2. The molecule has 9 heterocycles. The van der Waals surface area contributed by atoms with E-state index in [1.54, 1.807) is 0 Å². The van der Waals surface area contributed by atoms with Crippen molar-refractivity contribution in [1.82, 2.24) is 57.2 Å². The molecule has 33 heteroatoms. The number of nitrogens with one attached hydrogen (secondary N) is 8. The third kappa shape index (κ3) is 30.4. The number of carbonyl (C=O) groups excluding carboxylic acids is 13. The normalized spacial score (nSPS) is 30.3. The van der Waals surface area contributed by atoms with E-state index in [4.69, 9.17) is 36.1 Å². The van der Waals surface area contributed by atoms with Crippen LogP contribution in [0.4, 0.5) is 14.4 Å². The van der Waals surface area contributed by atoms with E-state index in [1.807, 2.05) is 113 Å². The molecule has 5 unspecified atom stereocenters. The van der Waals surface area contributed by atoms with Gasteiger partial charge in [0.25, 0.3) is 5.91 Å². The molecule has 17 atom stereocenters. The maximum Gasteiger partial charge on any atom is 0.408 e. The molecule has 16 N–H and O–H groups in total. The summed E-state index contributed by atoms with van der Waals surface area (Å²) in [5, 5.41) is 43.8. The number of amides is 14. The van der Waals surface area contributed by atoms with E-state index in [0.29, 0.717) is 77.0 Å². The smallest absolute Gasteiger partial charge is 0.408 e. The van der Waals surface area contributed by atoms with Crippen molar-refractivity contribution in [3.8, 4) is 0 Å². The number of nitrogens with two attached hydrogens (primary N) is 3. The first kappa shape index (κ1) is 99.9. The average molecular weight is 1730 g/mol. The number of hydrogen-bond acceptors (Lipinski definition) is 19. The van der Waals surface area contributed by atoms with Gasteiger partial charge in [0.15, 0.2) is 12.2 Å². The van der Waals surface area contributed by atoms with Crippen LogP contribution in [0.3, 0.4) is 0 Å². The van der Waals surface area contributed by atoms with E-state index in [1.165, 1.54) is 14.7 Å². The molecule has 123 heavy (non-hydrogen) atoms. The Morgan fingerprint density at radius 3 is 1.12 bits per heavy atom. The van der Waals surface area contributed by atoms with Gasteiger partial charge in [0.1, 0.15) is 42.9 Å². The maximum absolute atomic E-state index is 14.1. The third-order valence-electron chi connectivity index (χ3n) is 24.8. The van der Waals surface area contributed by atoms with Gasteiger partial charge < -0.3 is 104 Å². The zero-order valence-corrected chi connectivity index (χ0v) is 75.0. The summed E-state index contributed by atoms with van der Waals surface area (Å²) >= 11 is 0. The number of allylic oxidation sites excluding steroid dienone is 2. The lowest BCUT2D eigenvalue weighted by molar-refractivity contribution is -0.143. The minimum atomic E-state index is -1.56. The average Bonchev–Trinajstić information content (AvgIpc) is 1.61. The zero-order chi connectivity index (χ0) is 90.3. The Hall–Kier alpha value is -8.53. The van der Waals surface area contributed by atoms with Gasteiger partial charge in [0.2, 0.25) is 53.0 Å². The van der Waals surface area contributed by atoms with E-state index in [9.17, 15) is 72.5 Å². The molecule has 33 nitrogen and oxygen atoms in total. The minimum Gasteiger partial charge on any atom is -0.445 e. The van der Waals surface area contributed by atoms with Gasteiger partial charge in [-0.2, -0.15) is 0 Å². The Morgan fingerprint density at radius 2 is 0.772 bits per heavy atom. The zero-order valence-electron chi connectivity index (χ0n) is 75.0. The van der Waals surface area contributed by atoms with Crippen molar-refractivity contribution in [1.29, 1.82) is 0 Å². The van der Waals surface area contributed by atoms with Gasteiger partial charge in [-0.3, -0.25) is 47.9 Å². The number of ketones is 1. The number of hydrogen-bond donors (Lipinski definition) is 13. The van der Waals surface area contributed by atoms with E-state index in [2.05, 4.69) is 54.7 Å². The number of ether oxygens (including phenoxy) is 4. The van der Waals surface area contributed by atoms with Crippen LogP contribution < -0.4 is 59.7 Å². The standard InChI is InChI=1S/C32H46N4O7.C29H51N5O6.C29H49N5O6/c1-32(2)18-22-25(43-32)19-36-26(22)29(39)34-23(27(37)28(33)38)16-12-7-5-3-4-6-8-13-17-24(30(36)40)35-31(41)42-20-21-14-10-9-11-15-21;2*1-28(2,3)33-27(39)32-20-15-13-11-9-7-6-8-10-12-14-19(23(35)24(30)36)31-25(37)22-18-16-29(4,5)40-21(18)17-34(22)26(20)38/h3-4,9-11,14-15,22-27,37H,5-8,12-13,16-20H2,1-2H3,(H2,33,38)(H,34,39)(H,35,41);18-23,35H,6-17H2,1-5H3,(H2,30,36)(H,31,37)(H2,32,33,39);18-22H,6-17H2,1-5H3,(H2,30,36)(H,31,37)(H2,32,33,39)/t22-,23-,24-,25?,26-,27?;18-,19-,20-,21?,22-,23?;18-,19-,20-,21?,22-/m000/s1. The molecular formula is C90H146N14O19. The van der Waals surface area contributed by atoms with Crippen molar-refractivity contribution in [2.75, 3.05) is 19.6 Å². The molecule has 8 fully saturated rings. The highest BCUT2D eigenvalue weighted by Crippen LogP contribution is 2.47. The number of benzene rings is 1. The number of aliphatic hydroxyl groups is 2. The summed E-state index contributed by atoms with van der Waals surface area (Å²) in [7, 11) is 0. The third-order valence-corrected chi connectivity index (χ3v) is 24.8. The van der Waals surface area contributed by atoms with Crippen molar-refractivity contribution < 1.29 is 91.5 Å². The molecule has 0 radical (unpaired) electrons. The van der Waals surface area contributed by atoms with Crippen LogP contribution in [0.15, 0.2) is 42.5 Å². The summed E-state index contributed by atoms with van der Waals surface area (Å²) in [6.07, 6.45) is 23.0. The van der Waals surface area contributed by atoms with Crippen LogP contribution in [0.1, 0.15) is 288 Å². The van der Waals surface area contributed by atoms with Crippen molar-refractivity contribution in [3.63, 3.8) is 0 Å². The second kappa shape index (κ2) is 45.6. The highest BCUT2D eigenvalue weighted by atomic mass is 16.6. The highest BCUT2D eigenvalue weighted by molar-refractivity contribution is 6.37. The van der Waals surface area contributed by atoms with Gasteiger partial charge in [-0.05, 0) is 172 Å². The molecule has 0 aromatic heterocycles. The molecule has 8 saturated heterocycles. The maximum atomic E-state index is 14.1. The van der Waals surface area contributed by atoms with Crippen LogP contribution in [0.2, 0.25) is 0 Å². The van der Waals surface area contributed by atoms with Crippen LogP contribution in [-0.2, 0) is 73.5 Å². The van der Waals surface area contributed by atoms with Crippen molar-refractivity contribution in [3.05, 3.63) is 48.0 Å². The summed E-state index contributed by atoms with van der Waals surface area (Å²) in [6.45, 7) is 23.6. The number of Topliss-reactive ketones (excluding diaryl/α,β-unsaturated/α-hetero) is 1. The molecule has 1 aromatic carbocycles. The molecule has 0 spiro atoms. The number of nitrogens with zero attached hydrogens (tertiary/aromatic N) is 3. The monoisotopic (exact) mass is 1730 g/mol. The van der Waals surface area contributed by atoms with E-state index < -0.39 is 154 Å². The molecule has 9 aliphatic heterocycles. The molecule has 10 rings (SSSR count). The number of urea groups is 2. The topological polar surface area (TPSA) is 483 Å². The van der Waals surface area contributed by atoms with Gasteiger partial charge in [-0.15, -0.1) is 0 Å². The predicted molar refractivity (Wildman–Crippen MR) is 460 cm³/mol. The Bertz CT molecular complexity index is 3790. The quantitative estimate of drug-likeness (QED) is 0.0776. The Morgan fingerprint density at radius 1 is 0.455 bits per heavy atom. The lowest BCUT2D eigenvalue weighted by Crippen LogP contribution is -2.59. The summed E-state index contributed by atoms with van der Waals surface area (Å²) in [5.41, 5.74) is 14.6. The lowest BCUT2D eigenvalue weighted by atomic mass is 9.89. The number of fused-ring (bicyclic) bond motifs is 9. The number of alkyl carbamates (subject to hydrolysis) is 1. The second-order valence-corrected chi connectivity index (χ2v) is 39.3. The second-order valence-electron chi connectivity index (χ2n) is 39.3. The molecule has 9 aliphatic rings. The van der Waals surface area contributed by atoms with Gasteiger partial charge >= 0.3 is 18.2 Å². The first-order valence-electron chi connectivity index (χ1n) is 45.4. The Balaban J connectivity index is 0.000000229. The van der Waals surface area contributed by atoms with Gasteiger partial charge in [-0.1, -0.05) is 158 Å². The molecular weight excluding hydrogens is 1580 g/mol. The summed E-state index contributed by atoms with van der Waals surface area (Å²) in [4.78, 5) is 175. The van der Waals surface area contributed by atoms with Crippen molar-refractivity contribution >= 4 is 77.1 Å². The summed E-state index contributed by atoms with van der Waals surface area (Å²) in [5.74, 6) is -7.02. The number of carbonyl (C=O) groups is 13. The van der Waals surface area contributed by atoms with Gasteiger partial charge in [0, 0.05) is 48.5 Å². The van der Waals surface area contributed by atoms with Crippen molar-refractivity contribution in [2.24, 2.45) is 35.0 Å². The first-order chi connectivity index (χ1) is 57.9. The van der Waals surface area contributed by atoms with Crippen LogP contribution in [0.25, 0.3) is 0 Å². The fourth-order valence-electron chi connectivity index (χ4n) is 19.1. The fraction of sp³-hybridized carbons (Fsp3) is 0.767. The molecule has 14 amide bonds. The van der Waals surface area contributed by atoms with E-state index in [-0.39, 0.29) is 80.0 Å².